The number of nitrogens with one attached hydrogen (secondary N) is 2. The van der Waals surface area contributed by atoms with E-state index in [0.29, 0.717) is 33.6 Å². The molecule has 0 aliphatic rings. The predicted molar refractivity (Wildman–Crippen MR) is 109 cm³/mol. The number of carbonyl (C=O) groups is 1. The highest BCUT2D eigenvalue weighted by Crippen LogP contribution is 2.20. The van der Waals surface area contributed by atoms with Crippen LogP contribution in [-0.4, -0.2) is 27.2 Å². The van der Waals surface area contributed by atoms with Crippen molar-refractivity contribution in [2.24, 2.45) is 0 Å². The zero-order valence-electron chi connectivity index (χ0n) is 15.6. The van der Waals surface area contributed by atoms with E-state index in [1.807, 2.05) is 6.92 Å². The molecule has 2 heterocycles. The summed E-state index contributed by atoms with van der Waals surface area (Å²) in [7, 11) is 0. The van der Waals surface area contributed by atoms with Gasteiger partial charge >= 0.3 is 0 Å². The van der Waals surface area contributed by atoms with Gasteiger partial charge in [0.05, 0.1) is 16.6 Å². The minimum Gasteiger partial charge on any atom is -0.369 e. The van der Waals surface area contributed by atoms with E-state index in [2.05, 4.69) is 15.7 Å². The van der Waals surface area contributed by atoms with Crippen LogP contribution >= 0.6 is 11.6 Å². The van der Waals surface area contributed by atoms with Gasteiger partial charge in [0, 0.05) is 34.9 Å². The first-order chi connectivity index (χ1) is 13.4. The van der Waals surface area contributed by atoms with E-state index < -0.39 is 12.1 Å². The van der Waals surface area contributed by atoms with E-state index in [0.717, 1.165) is 6.42 Å². The van der Waals surface area contributed by atoms with Crippen molar-refractivity contribution >= 4 is 28.3 Å². The lowest BCUT2D eigenvalue weighted by atomic mass is 10.1. The monoisotopic (exact) mass is 400 g/mol. The highest BCUT2D eigenvalue weighted by Gasteiger charge is 2.22. The molecule has 0 bridgehead atoms. The molecule has 146 valence electrons. The Labute approximate surface area is 166 Å². The van der Waals surface area contributed by atoms with Gasteiger partial charge in [0.15, 0.2) is 6.23 Å². The van der Waals surface area contributed by atoms with E-state index in [9.17, 15) is 14.7 Å². The van der Waals surface area contributed by atoms with Crippen LogP contribution in [0, 0.1) is 6.92 Å². The first-order valence-corrected chi connectivity index (χ1v) is 9.29. The van der Waals surface area contributed by atoms with Crippen LogP contribution in [0.25, 0.3) is 10.8 Å². The molecule has 3 N–H and O–H groups in total. The number of pyridine rings is 2. The molecule has 28 heavy (non-hydrogen) atoms. The van der Waals surface area contributed by atoms with Crippen molar-refractivity contribution in [2.75, 3.05) is 12.0 Å². The summed E-state index contributed by atoms with van der Waals surface area (Å²) in [5.41, 5.74) is 3.95. The third kappa shape index (κ3) is 3.85. The molecule has 0 radical (unpaired) electrons. The lowest BCUT2D eigenvalue weighted by Gasteiger charge is -2.19. The Kier molecular flexibility index (Phi) is 5.96. The number of amides is 1. The first-order valence-electron chi connectivity index (χ1n) is 8.91. The molecule has 7 nitrogen and oxygen atoms in total. The quantitative estimate of drug-likeness (QED) is 0.553. The van der Waals surface area contributed by atoms with Gasteiger partial charge in [0.2, 0.25) is 0 Å². The number of nitrogens with zero attached hydrogens (tertiary/aromatic N) is 2. The van der Waals surface area contributed by atoms with Crippen LogP contribution in [0.5, 0.6) is 0 Å². The minimum absolute atomic E-state index is 0.254. The number of rotatable bonds is 6. The maximum absolute atomic E-state index is 13.0. The molecule has 0 unspecified atom stereocenters. The summed E-state index contributed by atoms with van der Waals surface area (Å²) in [5, 5.41) is 14.2. The van der Waals surface area contributed by atoms with Crippen LogP contribution < -0.4 is 16.3 Å². The van der Waals surface area contributed by atoms with E-state index in [1.54, 1.807) is 37.3 Å². The van der Waals surface area contributed by atoms with Gasteiger partial charge in [-0.2, -0.15) is 0 Å². The van der Waals surface area contributed by atoms with Gasteiger partial charge in [-0.25, -0.2) is 4.68 Å². The minimum atomic E-state index is -1.25. The Morgan fingerprint density at radius 2 is 2.11 bits per heavy atom. The van der Waals surface area contributed by atoms with Gasteiger partial charge in [-0.15, -0.1) is 0 Å². The van der Waals surface area contributed by atoms with Gasteiger partial charge in [-0.1, -0.05) is 30.7 Å². The van der Waals surface area contributed by atoms with Gasteiger partial charge in [0.1, 0.15) is 0 Å². The molecule has 1 atom stereocenters. The lowest BCUT2D eigenvalue weighted by molar-refractivity contribution is 0.0784. The number of carbonyl (C=O) groups excluding carboxylic acids is 1. The van der Waals surface area contributed by atoms with Crippen molar-refractivity contribution in [3.05, 3.63) is 74.9 Å². The molecular weight excluding hydrogens is 380 g/mol. The molecule has 0 saturated carbocycles. The van der Waals surface area contributed by atoms with Crippen molar-refractivity contribution < 1.29 is 9.90 Å². The lowest BCUT2D eigenvalue weighted by Crippen LogP contribution is -2.36. The fourth-order valence-electron chi connectivity index (χ4n) is 3.02. The Hall–Kier alpha value is -2.90. The third-order valence-electron chi connectivity index (χ3n) is 4.40. The molecule has 0 saturated heterocycles. The standard InChI is InChI=1S/C20H21ClN4O3/c1-3-8-23-25-12(2)17(16-11-22-9-7-15(16)20(25)28)19(27)24-18(26)13-5-4-6-14(21)10-13/h4-7,9-11,18,23,26H,3,8H2,1-2H3,(H,24,27)/t18-/m0/s1. The molecule has 0 spiro atoms. The molecule has 8 heteroatoms. The van der Waals surface area contributed by atoms with Gasteiger partial charge < -0.3 is 15.8 Å². The Balaban J connectivity index is 2.05. The largest absolute Gasteiger partial charge is 0.369 e. The number of hydrogen-bond donors (Lipinski definition) is 3. The molecule has 1 amide bonds. The maximum Gasteiger partial charge on any atom is 0.277 e. The van der Waals surface area contributed by atoms with E-state index in [1.165, 1.54) is 17.1 Å². The summed E-state index contributed by atoms with van der Waals surface area (Å²) in [6.45, 7) is 4.23. The van der Waals surface area contributed by atoms with Crippen molar-refractivity contribution in [1.82, 2.24) is 15.0 Å². The van der Waals surface area contributed by atoms with Crippen LogP contribution in [0.3, 0.4) is 0 Å². The molecular formula is C20H21ClN4O3. The molecule has 0 fully saturated rings. The molecule has 3 aromatic rings. The number of aliphatic hydroxyl groups is 1. The van der Waals surface area contributed by atoms with Gasteiger partial charge in [-0.3, -0.25) is 14.6 Å². The summed E-state index contributed by atoms with van der Waals surface area (Å²) in [4.78, 5) is 29.8. The fraction of sp³-hybridized carbons (Fsp3) is 0.250. The fourth-order valence-corrected chi connectivity index (χ4v) is 3.22. The zero-order chi connectivity index (χ0) is 20.3. The zero-order valence-corrected chi connectivity index (χ0v) is 16.3. The third-order valence-corrected chi connectivity index (χ3v) is 4.64. The highest BCUT2D eigenvalue weighted by molar-refractivity contribution is 6.30. The van der Waals surface area contributed by atoms with Crippen LogP contribution in [0.15, 0.2) is 47.5 Å². The normalized spacial score (nSPS) is 12.0. The molecule has 2 aromatic heterocycles. The van der Waals surface area contributed by atoms with Crippen molar-refractivity contribution in [3.8, 4) is 0 Å². The number of hydrogen-bond acceptors (Lipinski definition) is 5. The van der Waals surface area contributed by atoms with E-state index in [-0.39, 0.29) is 11.1 Å². The average molecular weight is 401 g/mol. The van der Waals surface area contributed by atoms with E-state index in [4.69, 9.17) is 11.6 Å². The second kappa shape index (κ2) is 8.41. The molecule has 3 rings (SSSR count). The van der Waals surface area contributed by atoms with Crippen LogP contribution in [-0.2, 0) is 0 Å². The van der Waals surface area contributed by atoms with Crippen molar-refractivity contribution in [2.45, 2.75) is 26.5 Å². The van der Waals surface area contributed by atoms with Gasteiger partial charge in [-0.05, 0) is 31.5 Å². The number of halogens is 1. The topological polar surface area (TPSA) is 96.2 Å². The SMILES string of the molecule is CCCNn1c(C)c(C(=O)N[C@@H](O)c2cccc(Cl)c2)c2cnccc2c1=O. The molecule has 0 aliphatic heterocycles. The number of aliphatic hydroxyl groups excluding tert-OH is 1. The number of aromatic nitrogens is 2. The van der Waals surface area contributed by atoms with Crippen LogP contribution in [0.1, 0.15) is 41.2 Å². The van der Waals surface area contributed by atoms with Crippen molar-refractivity contribution in [3.63, 3.8) is 0 Å². The smallest absolute Gasteiger partial charge is 0.277 e. The summed E-state index contributed by atoms with van der Waals surface area (Å²) >= 11 is 5.95. The van der Waals surface area contributed by atoms with Crippen LogP contribution in [0.2, 0.25) is 5.02 Å². The number of fused-ring (bicyclic) bond motifs is 1. The summed E-state index contributed by atoms with van der Waals surface area (Å²) < 4.78 is 1.37. The maximum atomic E-state index is 13.0. The molecule has 0 aliphatic carbocycles. The Bertz CT molecular complexity index is 1080. The number of benzene rings is 1. The second-order valence-corrected chi connectivity index (χ2v) is 6.80. The highest BCUT2D eigenvalue weighted by atomic mass is 35.5. The van der Waals surface area contributed by atoms with Crippen molar-refractivity contribution in [1.29, 1.82) is 0 Å². The van der Waals surface area contributed by atoms with Gasteiger partial charge in [0.25, 0.3) is 11.5 Å². The summed E-state index contributed by atoms with van der Waals surface area (Å²) in [6.07, 6.45) is 2.55. The summed E-state index contributed by atoms with van der Waals surface area (Å²) in [6, 6.07) is 8.17. The predicted octanol–water partition coefficient (Wildman–Crippen LogP) is 2.73. The van der Waals surface area contributed by atoms with Crippen LogP contribution in [0.4, 0.5) is 0 Å². The summed E-state index contributed by atoms with van der Waals surface area (Å²) in [5.74, 6) is -0.518. The Morgan fingerprint density at radius 1 is 1.32 bits per heavy atom. The Morgan fingerprint density at radius 3 is 2.82 bits per heavy atom. The molecule has 1 aromatic carbocycles. The first kappa shape index (κ1) is 19.9. The second-order valence-electron chi connectivity index (χ2n) is 6.36. The average Bonchev–Trinajstić information content (AvgIpc) is 2.68. The van der Waals surface area contributed by atoms with E-state index >= 15 is 0 Å².